The van der Waals surface area contributed by atoms with Crippen molar-refractivity contribution in [2.75, 3.05) is 14.1 Å². The van der Waals surface area contributed by atoms with Crippen molar-refractivity contribution in [1.29, 1.82) is 0 Å². The number of aliphatic hydroxyl groups is 2. The minimum absolute atomic E-state index is 0.0156. The van der Waals surface area contributed by atoms with Crippen LogP contribution in [0.2, 0.25) is 0 Å². The molecule has 0 unspecified atom stereocenters. The van der Waals surface area contributed by atoms with Gasteiger partial charge in [0.2, 0.25) is 5.91 Å². The lowest BCUT2D eigenvalue weighted by atomic mass is 10.1. The Hall–Kier alpha value is -1.89. The first-order chi connectivity index (χ1) is 10.3. The van der Waals surface area contributed by atoms with Crippen molar-refractivity contribution in [2.45, 2.75) is 33.1 Å². The van der Waals surface area contributed by atoms with Gasteiger partial charge in [0.05, 0.1) is 0 Å². The van der Waals surface area contributed by atoms with Crippen LogP contribution in [0.3, 0.4) is 0 Å². The first-order valence-electron chi connectivity index (χ1n) is 7.21. The molecule has 1 aromatic heterocycles. The largest absolute Gasteiger partial charge is 0.426 e. The van der Waals surface area contributed by atoms with E-state index in [1.165, 1.54) is 11.8 Å². The predicted octanol–water partition coefficient (Wildman–Crippen LogP) is 1.86. The normalized spacial score (nSPS) is 11.3. The van der Waals surface area contributed by atoms with Crippen LogP contribution in [0.1, 0.15) is 26.3 Å². The Labute approximate surface area is 130 Å². The molecule has 0 fully saturated rings. The number of aromatic amines is 1. The van der Waals surface area contributed by atoms with E-state index in [2.05, 4.69) is 4.98 Å². The number of carbonyl (C=O) groups excluding carboxylic acids is 1. The molecule has 0 atom stereocenters. The van der Waals surface area contributed by atoms with Gasteiger partial charge in [-0.05, 0) is 31.8 Å². The highest BCUT2D eigenvalue weighted by atomic mass is 16.5. The number of hydrogen-bond donors (Lipinski definition) is 3. The molecule has 3 N–H and O–H groups in total. The number of nitrogens with zero attached hydrogens (tertiary/aromatic N) is 1. The zero-order chi connectivity index (χ0) is 16.9. The predicted molar refractivity (Wildman–Crippen MR) is 85.5 cm³/mol. The number of likely N-dealkylation sites (N-methyl/N-ethyl adjacent to an activating group) is 1. The maximum absolute atomic E-state index is 11.1. The molecule has 0 aliphatic carbocycles. The van der Waals surface area contributed by atoms with Crippen LogP contribution < -0.4 is 4.74 Å². The third-order valence-electron chi connectivity index (χ3n) is 3.15. The SMILES string of the molecule is CC.CC(=O)Oc1cccc2[nH]cc(CC(O)(O)N(C)C)c12. The van der Waals surface area contributed by atoms with Gasteiger partial charge >= 0.3 is 5.97 Å². The molecule has 0 aliphatic rings. The molecule has 0 spiro atoms. The number of aromatic nitrogens is 1. The second-order valence-corrected chi connectivity index (χ2v) is 4.93. The molecule has 6 heteroatoms. The standard InChI is InChI=1S/C14H18N2O4.C2H6/c1-9(17)20-12-6-4-5-11-13(12)10(8-15-11)7-14(18,19)16(2)3;1-2/h4-6,8,15,18-19H,7H2,1-3H3;1-2H3. The fourth-order valence-electron chi connectivity index (χ4n) is 2.01. The van der Waals surface area contributed by atoms with Crippen LogP contribution in [0.5, 0.6) is 5.75 Å². The summed E-state index contributed by atoms with van der Waals surface area (Å²) in [6.45, 7) is 5.33. The van der Waals surface area contributed by atoms with Gasteiger partial charge in [-0.3, -0.25) is 9.69 Å². The zero-order valence-corrected chi connectivity index (χ0v) is 13.7. The topological polar surface area (TPSA) is 85.8 Å². The van der Waals surface area contributed by atoms with E-state index in [9.17, 15) is 15.0 Å². The van der Waals surface area contributed by atoms with E-state index in [0.717, 1.165) is 5.52 Å². The molecule has 22 heavy (non-hydrogen) atoms. The minimum atomic E-state index is -1.97. The number of benzene rings is 1. The van der Waals surface area contributed by atoms with Crippen molar-refractivity contribution >= 4 is 16.9 Å². The zero-order valence-electron chi connectivity index (χ0n) is 13.7. The summed E-state index contributed by atoms with van der Waals surface area (Å²) in [4.78, 5) is 15.5. The summed E-state index contributed by atoms with van der Waals surface area (Å²) in [5.41, 5.74) is 1.43. The minimum Gasteiger partial charge on any atom is -0.426 e. The summed E-state index contributed by atoms with van der Waals surface area (Å²) in [5, 5.41) is 20.6. The summed E-state index contributed by atoms with van der Waals surface area (Å²) in [5.74, 6) is -1.99. The second kappa shape index (κ2) is 7.40. The van der Waals surface area contributed by atoms with Crippen molar-refractivity contribution in [1.82, 2.24) is 9.88 Å². The highest BCUT2D eigenvalue weighted by molar-refractivity contribution is 5.91. The first-order valence-corrected chi connectivity index (χ1v) is 7.21. The van der Waals surface area contributed by atoms with Crippen LogP contribution in [0.25, 0.3) is 10.9 Å². The summed E-state index contributed by atoms with van der Waals surface area (Å²) < 4.78 is 5.17. The molecule has 122 valence electrons. The van der Waals surface area contributed by atoms with Crippen LogP contribution in [0.15, 0.2) is 24.4 Å². The third kappa shape index (κ3) is 4.07. The number of rotatable bonds is 4. The number of carbonyl (C=O) groups is 1. The van der Waals surface area contributed by atoms with Gasteiger partial charge in [0.1, 0.15) is 5.75 Å². The molecular formula is C16H24N2O4. The third-order valence-corrected chi connectivity index (χ3v) is 3.15. The molecule has 0 radical (unpaired) electrons. The van der Waals surface area contributed by atoms with E-state index in [1.54, 1.807) is 32.4 Å². The van der Waals surface area contributed by atoms with Crippen molar-refractivity contribution in [3.63, 3.8) is 0 Å². The number of hydrogen-bond acceptors (Lipinski definition) is 5. The Morgan fingerprint density at radius 3 is 2.50 bits per heavy atom. The fourth-order valence-corrected chi connectivity index (χ4v) is 2.01. The monoisotopic (exact) mass is 308 g/mol. The Morgan fingerprint density at radius 1 is 1.32 bits per heavy atom. The highest BCUT2D eigenvalue weighted by Crippen LogP contribution is 2.31. The van der Waals surface area contributed by atoms with Crippen LogP contribution in [0.4, 0.5) is 0 Å². The summed E-state index contributed by atoms with van der Waals surface area (Å²) in [7, 11) is 3.14. The number of ether oxygens (including phenoxy) is 1. The molecular weight excluding hydrogens is 284 g/mol. The Bertz CT molecular complexity index is 632. The number of fused-ring (bicyclic) bond motifs is 1. The molecule has 0 bridgehead atoms. The van der Waals surface area contributed by atoms with Gasteiger partial charge in [0.15, 0.2) is 0 Å². The molecule has 6 nitrogen and oxygen atoms in total. The molecule has 0 amide bonds. The highest BCUT2D eigenvalue weighted by Gasteiger charge is 2.28. The average Bonchev–Trinajstić information content (AvgIpc) is 2.84. The lowest BCUT2D eigenvalue weighted by Gasteiger charge is -2.28. The lowest BCUT2D eigenvalue weighted by Crippen LogP contribution is -2.45. The summed E-state index contributed by atoms with van der Waals surface area (Å²) >= 11 is 0. The molecule has 2 aromatic rings. The maximum atomic E-state index is 11.1. The van der Waals surface area contributed by atoms with Crippen molar-refractivity contribution in [3.8, 4) is 5.75 Å². The number of nitrogens with one attached hydrogen (secondary N) is 1. The quantitative estimate of drug-likeness (QED) is 0.456. The smallest absolute Gasteiger partial charge is 0.308 e. The Kier molecular flexibility index (Phi) is 6.11. The Balaban J connectivity index is 0.00000116. The number of H-pyrrole nitrogens is 1. The molecule has 1 heterocycles. The van der Waals surface area contributed by atoms with Gasteiger partial charge in [-0.1, -0.05) is 19.9 Å². The van der Waals surface area contributed by atoms with Gasteiger partial charge < -0.3 is 19.9 Å². The lowest BCUT2D eigenvalue weighted by molar-refractivity contribution is -0.247. The fraction of sp³-hybridized carbons (Fsp3) is 0.438. The van der Waals surface area contributed by atoms with Crippen LogP contribution in [0, 0.1) is 0 Å². The van der Waals surface area contributed by atoms with E-state index in [0.29, 0.717) is 16.7 Å². The van der Waals surface area contributed by atoms with E-state index in [-0.39, 0.29) is 6.42 Å². The maximum Gasteiger partial charge on any atom is 0.308 e. The van der Waals surface area contributed by atoms with Crippen LogP contribution in [-0.2, 0) is 11.2 Å². The van der Waals surface area contributed by atoms with E-state index < -0.39 is 11.9 Å². The molecule has 2 rings (SSSR count). The van der Waals surface area contributed by atoms with Crippen molar-refractivity contribution in [2.24, 2.45) is 0 Å². The van der Waals surface area contributed by atoms with Gasteiger partial charge in [0, 0.05) is 30.4 Å². The van der Waals surface area contributed by atoms with E-state index >= 15 is 0 Å². The second-order valence-electron chi connectivity index (χ2n) is 4.93. The van der Waals surface area contributed by atoms with Gasteiger partial charge in [0.25, 0.3) is 0 Å². The van der Waals surface area contributed by atoms with E-state index in [1.807, 2.05) is 19.9 Å². The van der Waals surface area contributed by atoms with Crippen molar-refractivity contribution < 1.29 is 19.7 Å². The van der Waals surface area contributed by atoms with Crippen LogP contribution in [-0.4, -0.2) is 46.1 Å². The van der Waals surface area contributed by atoms with Crippen molar-refractivity contribution in [3.05, 3.63) is 30.0 Å². The molecule has 0 saturated carbocycles. The van der Waals surface area contributed by atoms with Gasteiger partial charge in [-0.2, -0.15) is 0 Å². The summed E-state index contributed by atoms with van der Waals surface area (Å²) in [6, 6.07) is 5.27. The van der Waals surface area contributed by atoms with Crippen LogP contribution >= 0.6 is 0 Å². The van der Waals surface area contributed by atoms with E-state index in [4.69, 9.17) is 4.74 Å². The number of esters is 1. The average molecular weight is 308 g/mol. The van der Waals surface area contributed by atoms with Gasteiger partial charge in [-0.25, -0.2) is 0 Å². The molecule has 1 aromatic carbocycles. The first kappa shape index (κ1) is 18.2. The molecule has 0 saturated heterocycles. The Morgan fingerprint density at radius 2 is 1.95 bits per heavy atom. The summed E-state index contributed by atoms with van der Waals surface area (Å²) in [6.07, 6.45) is 1.67. The molecule has 0 aliphatic heterocycles. The van der Waals surface area contributed by atoms with Gasteiger partial charge in [-0.15, -0.1) is 0 Å².